The lowest BCUT2D eigenvalue weighted by Crippen LogP contribution is -2.33. The van der Waals surface area contributed by atoms with E-state index in [4.69, 9.17) is 4.74 Å². The standard InChI is InChI=1S/C16H16F2N2O4S/c1-10-8-11(6-7-14(10)24-2)25(22,23)19-9-15(21)20-16-12(17)4-3-5-13(16)18/h3-8,19H,9H2,1-2H3,(H,20,21). The van der Waals surface area contributed by atoms with Crippen molar-refractivity contribution in [2.24, 2.45) is 0 Å². The number of ether oxygens (including phenoxy) is 1. The Hall–Kier alpha value is -2.52. The van der Waals surface area contributed by atoms with Crippen LogP contribution in [0.2, 0.25) is 0 Å². The third-order valence-corrected chi connectivity index (χ3v) is 4.73. The number of para-hydroxylation sites is 1. The summed E-state index contributed by atoms with van der Waals surface area (Å²) in [6.07, 6.45) is 0. The highest BCUT2D eigenvalue weighted by Gasteiger charge is 2.18. The van der Waals surface area contributed by atoms with E-state index in [9.17, 15) is 22.0 Å². The first-order valence-electron chi connectivity index (χ1n) is 7.13. The quantitative estimate of drug-likeness (QED) is 0.816. The van der Waals surface area contributed by atoms with Crippen molar-refractivity contribution < 1.29 is 26.7 Å². The minimum absolute atomic E-state index is 0.0596. The molecule has 0 aromatic heterocycles. The summed E-state index contributed by atoms with van der Waals surface area (Å²) in [6, 6.07) is 7.29. The number of methoxy groups -OCH3 is 1. The van der Waals surface area contributed by atoms with Crippen LogP contribution in [-0.2, 0) is 14.8 Å². The third kappa shape index (κ3) is 4.52. The average Bonchev–Trinajstić information content (AvgIpc) is 2.56. The smallest absolute Gasteiger partial charge is 0.241 e. The molecule has 2 rings (SSSR count). The van der Waals surface area contributed by atoms with Crippen molar-refractivity contribution >= 4 is 21.6 Å². The number of aryl methyl sites for hydroxylation is 1. The molecule has 0 aliphatic heterocycles. The average molecular weight is 370 g/mol. The molecular formula is C16H16F2N2O4S. The van der Waals surface area contributed by atoms with Gasteiger partial charge in [0, 0.05) is 0 Å². The van der Waals surface area contributed by atoms with Crippen LogP contribution in [0.4, 0.5) is 14.5 Å². The maximum absolute atomic E-state index is 13.5. The predicted octanol–water partition coefficient (Wildman–Crippen LogP) is 2.20. The van der Waals surface area contributed by atoms with Gasteiger partial charge in [0.05, 0.1) is 18.6 Å². The van der Waals surface area contributed by atoms with Crippen molar-refractivity contribution in [2.75, 3.05) is 19.0 Å². The van der Waals surface area contributed by atoms with Crippen molar-refractivity contribution in [1.29, 1.82) is 0 Å². The van der Waals surface area contributed by atoms with Crippen molar-refractivity contribution in [3.63, 3.8) is 0 Å². The van der Waals surface area contributed by atoms with Gasteiger partial charge in [0.15, 0.2) is 0 Å². The molecule has 0 radical (unpaired) electrons. The number of hydrogen-bond acceptors (Lipinski definition) is 4. The van der Waals surface area contributed by atoms with Crippen molar-refractivity contribution in [3.05, 3.63) is 53.6 Å². The first-order valence-corrected chi connectivity index (χ1v) is 8.61. The van der Waals surface area contributed by atoms with E-state index in [-0.39, 0.29) is 4.90 Å². The van der Waals surface area contributed by atoms with Crippen LogP contribution in [0.3, 0.4) is 0 Å². The highest BCUT2D eigenvalue weighted by atomic mass is 32.2. The van der Waals surface area contributed by atoms with Crippen LogP contribution in [0.25, 0.3) is 0 Å². The fraction of sp³-hybridized carbons (Fsp3) is 0.188. The molecule has 0 saturated heterocycles. The lowest BCUT2D eigenvalue weighted by atomic mass is 10.2. The maximum Gasteiger partial charge on any atom is 0.241 e. The van der Waals surface area contributed by atoms with Gasteiger partial charge in [0.2, 0.25) is 15.9 Å². The summed E-state index contributed by atoms with van der Waals surface area (Å²) in [5.74, 6) is -2.30. The van der Waals surface area contributed by atoms with Crippen LogP contribution in [0.1, 0.15) is 5.56 Å². The fourth-order valence-electron chi connectivity index (χ4n) is 2.06. The predicted molar refractivity (Wildman–Crippen MR) is 87.9 cm³/mol. The number of carbonyl (C=O) groups is 1. The topological polar surface area (TPSA) is 84.5 Å². The number of benzene rings is 2. The molecule has 0 heterocycles. The van der Waals surface area contributed by atoms with E-state index in [2.05, 4.69) is 4.72 Å². The molecule has 0 spiro atoms. The molecule has 9 heteroatoms. The monoisotopic (exact) mass is 370 g/mol. The number of sulfonamides is 1. The minimum Gasteiger partial charge on any atom is -0.496 e. The number of carbonyl (C=O) groups excluding carboxylic acids is 1. The number of halogens is 2. The lowest BCUT2D eigenvalue weighted by molar-refractivity contribution is -0.115. The Labute approximate surface area is 143 Å². The Morgan fingerprint density at radius 3 is 2.36 bits per heavy atom. The Morgan fingerprint density at radius 2 is 1.80 bits per heavy atom. The normalized spacial score (nSPS) is 11.2. The first-order chi connectivity index (χ1) is 11.7. The van der Waals surface area contributed by atoms with E-state index in [0.29, 0.717) is 11.3 Å². The van der Waals surface area contributed by atoms with E-state index >= 15 is 0 Å². The van der Waals surface area contributed by atoms with Gasteiger partial charge in [-0.2, -0.15) is 0 Å². The van der Waals surface area contributed by atoms with Crippen LogP contribution in [-0.4, -0.2) is 28.0 Å². The third-order valence-electron chi connectivity index (χ3n) is 3.33. The van der Waals surface area contributed by atoms with Gasteiger partial charge in [-0.05, 0) is 42.8 Å². The molecule has 0 aliphatic rings. The molecule has 25 heavy (non-hydrogen) atoms. The zero-order valence-corrected chi connectivity index (χ0v) is 14.3. The van der Waals surface area contributed by atoms with E-state index in [1.54, 1.807) is 6.92 Å². The molecule has 0 fully saturated rings. The zero-order chi connectivity index (χ0) is 18.6. The van der Waals surface area contributed by atoms with Crippen LogP contribution >= 0.6 is 0 Å². The van der Waals surface area contributed by atoms with Crippen molar-refractivity contribution in [3.8, 4) is 5.75 Å². The molecule has 134 valence electrons. The molecule has 0 aliphatic carbocycles. The molecular weight excluding hydrogens is 354 g/mol. The maximum atomic E-state index is 13.5. The SMILES string of the molecule is COc1ccc(S(=O)(=O)NCC(=O)Nc2c(F)cccc2F)cc1C. The Morgan fingerprint density at radius 1 is 1.16 bits per heavy atom. The summed E-state index contributed by atoms with van der Waals surface area (Å²) >= 11 is 0. The van der Waals surface area contributed by atoms with Crippen molar-refractivity contribution in [2.45, 2.75) is 11.8 Å². The van der Waals surface area contributed by atoms with Crippen LogP contribution < -0.4 is 14.8 Å². The summed E-state index contributed by atoms with van der Waals surface area (Å²) in [7, 11) is -2.51. The van der Waals surface area contributed by atoms with Crippen LogP contribution in [0.15, 0.2) is 41.3 Å². The number of amides is 1. The van der Waals surface area contributed by atoms with E-state index < -0.39 is 39.8 Å². The molecule has 1 amide bonds. The molecule has 0 atom stereocenters. The second-order valence-electron chi connectivity index (χ2n) is 5.10. The summed E-state index contributed by atoms with van der Waals surface area (Å²) < 4.78 is 58.4. The second-order valence-corrected chi connectivity index (χ2v) is 6.87. The minimum atomic E-state index is -3.97. The fourth-order valence-corrected chi connectivity index (χ4v) is 3.13. The molecule has 0 saturated carbocycles. The first kappa shape index (κ1) is 18.8. The highest BCUT2D eigenvalue weighted by Crippen LogP contribution is 2.21. The highest BCUT2D eigenvalue weighted by molar-refractivity contribution is 7.89. The summed E-state index contributed by atoms with van der Waals surface area (Å²) in [5.41, 5.74) is -0.0322. The van der Waals surface area contributed by atoms with Crippen LogP contribution in [0, 0.1) is 18.6 Å². The van der Waals surface area contributed by atoms with Gasteiger partial charge in [-0.25, -0.2) is 21.9 Å². The Bertz CT molecular complexity index is 881. The lowest BCUT2D eigenvalue weighted by Gasteiger charge is -2.10. The van der Waals surface area contributed by atoms with Crippen molar-refractivity contribution in [1.82, 2.24) is 4.72 Å². The number of nitrogens with one attached hydrogen (secondary N) is 2. The van der Waals surface area contributed by atoms with Crippen LogP contribution in [0.5, 0.6) is 5.75 Å². The second kappa shape index (κ2) is 7.58. The van der Waals surface area contributed by atoms with E-state index in [1.807, 2.05) is 5.32 Å². The van der Waals surface area contributed by atoms with Gasteiger partial charge in [0.1, 0.15) is 23.1 Å². The summed E-state index contributed by atoms with van der Waals surface area (Å²) in [5, 5.41) is 2.00. The molecule has 2 aromatic rings. The van der Waals surface area contributed by atoms with Gasteiger partial charge in [-0.15, -0.1) is 0 Å². The van der Waals surface area contributed by atoms with E-state index in [0.717, 1.165) is 18.2 Å². The molecule has 2 aromatic carbocycles. The Kier molecular flexibility index (Phi) is 5.70. The van der Waals surface area contributed by atoms with Gasteiger partial charge in [-0.1, -0.05) is 6.07 Å². The van der Waals surface area contributed by atoms with Gasteiger partial charge in [0.25, 0.3) is 0 Å². The molecule has 6 nitrogen and oxygen atoms in total. The van der Waals surface area contributed by atoms with E-state index in [1.165, 1.54) is 25.3 Å². The molecule has 2 N–H and O–H groups in total. The zero-order valence-electron chi connectivity index (χ0n) is 13.5. The molecule has 0 bridgehead atoms. The number of rotatable bonds is 6. The van der Waals surface area contributed by atoms with Gasteiger partial charge in [-0.3, -0.25) is 4.79 Å². The summed E-state index contributed by atoms with van der Waals surface area (Å²) in [6.45, 7) is 0.993. The Balaban J connectivity index is 2.07. The largest absolute Gasteiger partial charge is 0.496 e. The van der Waals surface area contributed by atoms with Gasteiger partial charge < -0.3 is 10.1 Å². The number of anilines is 1. The molecule has 0 unspecified atom stereocenters. The number of hydrogen-bond donors (Lipinski definition) is 2. The van der Waals surface area contributed by atoms with Gasteiger partial charge >= 0.3 is 0 Å². The summed E-state index contributed by atoms with van der Waals surface area (Å²) in [4.78, 5) is 11.7.